The number of nitrogens with two attached hydrogens (primary N) is 1. The summed E-state index contributed by atoms with van der Waals surface area (Å²) in [5.74, 6) is -0.768. The van der Waals surface area contributed by atoms with Gasteiger partial charge in [-0.05, 0) is 31.9 Å². The molecule has 0 bridgehead atoms. The third-order valence-corrected chi connectivity index (χ3v) is 3.18. The van der Waals surface area contributed by atoms with Gasteiger partial charge in [0, 0.05) is 12.0 Å². The summed E-state index contributed by atoms with van der Waals surface area (Å²) >= 11 is 0. The molecule has 7 nitrogen and oxygen atoms in total. The number of nitrogens with one attached hydrogen (secondary N) is 1. The Morgan fingerprint density at radius 1 is 1.43 bits per heavy atom. The van der Waals surface area contributed by atoms with Crippen molar-refractivity contribution in [2.24, 2.45) is 11.7 Å². The molecule has 116 valence electrons. The van der Waals surface area contributed by atoms with Gasteiger partial charge in [0.15, 0.2) is 0 Å². The third-order valence-electron chi connectivity index (χ3n) is 3.18. The Bertz CT molecular complexity index is 517. The van der Waals surface area contributed by atoms with E-state index >= 15 is 0 Å². The molecular formula is C14H21N3O4. The number of hydrogen-bond donors (Lipinski definition) is 3. The van der Waals surface area contributed by atoms with Crippen molar-refractivity contribution >= 4 is 17.3 Å². The van der Waals surface area contributed by atoms with Gasteiger partial charge in [-0.2, -0.15) is 0 Å². The lowest BCUT2D eigenvalue weighted by atomic mass is 10.0. The summed E-state index contributed by atoms with van der Waals surface area (Å²) in [6.07, 6.45) is 2.32. The smallest absolute Gasteiger partial charge is 0.296 e. The molecule has 0 aliphatic rings. The SMILES string of the molecule is CC(N)CCCC(C)C(=O)Nc1ccc(O)cc1[N+](=O)[O-]. The fraction of sp³-hybridized carbons (Fsp3) is 0.500. The number of aromatic hydroxyl groups is 1. The molecule has 4 N–H and O–H groups in total. The Morgan fingerprint density at radius 3 is 2.67 bits per heavy atom. The highest BCUT2D eigenvalue weighted by Gasteiger charge is 2.19. The minimum atomic E-state index is -0.643. The number of carbonyl (C=O) groups is 1. The van der Waals surface area contributed by atoms with Gasteiger partial charge in [0.1, 0.15) is 11.4 Å². The number of rotatable bonds is 7. The number of nitro groups is 1. The number of carbonyl (C=O) groups excluding carboxylic acids is 1. The van der Waals surface area contributed by atoms with Crippen molar-refractivity contribution in [2.45, 2.75) is 39.2 Å². The second-order valence-corrected chi connectivity index (χ2v) is 5.26. The van der Waals surface area contributed by atoms with Gasteiger partial charge >= 0.3 is 0 Å². The fourth-order valence-electron chi connectivity index (χ4n) is 1.91. The van der Waals surface area contributed by atoms with Crippen molar-refractivity contribution in [3.05, 3.63) is 28.3 Å². The Morgan fingerprint density at radius 2 is 2.10 bits per heavy atom. The number of phenolic OH excluding ortho intramolecular Hbond substituents is 1. The summed E-state index contributed by atoms with van der Waals surface area (Å²) in [6.45, 7) is 3.67. The van der Waals surface area contributed by atoms with E-state index in [1.807, 2.05) is 6.92 Å². The Balaban J connectivity index is 2.68. The molecule has 1 aromatic carbocycles. The average molecular weight is 295 g/mol. The predicted molar refractivity (Wildman–Crippen MR) is 80.1 cm³/mol. The maximum absolute atomic E-state index is 12.0. The van der Waals surface area contributed by atoms with E-state index in [4.69, 9.17) is 5.73 Å². The maximum Gasteiger partial charge on any atom is 0.296 e. The summed E-state index contributed by atoms with van der Waals surface area (Å²) < 4.78 is 0. The zero-order valence-corrected chi connectivity index (χ0v) is 12.2. The van der Waals surface area contributed by atoms with Gasteiger partial charge in [0.05, 0.1) is 11.0 Å². The van der Waals surface area contributed by atoms with Gasteiger partial charge in [-0.15, -0.1) is 0 Å². The molecule has 0 heterocycles. The van der Waals surface area contributed by atoms with E-state index in [0.717, 1.165) is 18.9 Å². The molecule has 0 radical (unpaired) electrons. The fourth-order valence-corrected chi connectivity index (χ4v) is 1.91. The van der Waals surface area contributed by atoms with E-state index in [2.05, 4.69) is 5.32 Å². The van der Waals surface area contributed by atoms with Crippen LogP contribution in [0, 0.1) is 16.0 Å². The first-order valence-electron chi connectivity index (χ1n) is 6.85. The van der Waals surface area contributed by atoms with Crippen LogP contribution in [-0.4, -0.2) is 22.0 Å². The van der Waals surface area contributed by atoms with Gasteiger partial charge in [0.25, 0.3) is 5.69 Å². The molecule has 0 saturated carbocycles. The largest absolute Gasteiger partial charge is 0.508 e. The number of benzene rings is 1. The van der Waals surface area contributed by atoms with Crippen LogP contribution < -0.4 is 11.1 Å². The van der Waals surface area contributed by atoms with Crippen LogP contribution in [0.2, 0.25) is 0 Å². The van der Waals surface area contributed by atoms with Gasteiger partial charge < -0.3 is 16.2 Å². The van der Waals surface area contributed by atoms with Crippen LogP contribution in [0.25, 0.3) is 0 Å². The molecule has 0 spiro atoms. The monoisotopic (exact) mass is 295 g/mol. The van der Waals surface area contributed by atoms with Gasteiger partial charge in [-0.1, -0.05) is 13.3 Å². The highest BCUT2D eigenvalue weighted by molar-refractivity contribution is 5.94. The Labute approximate surface area is 123 Å². The molecule has 21 heavy (non-hydrogen) atoms. The van der Waals surface area contributed by atoms with E-state index in [1.54, 1.807) is 6.92 Å². The highest BCUT2D eigenvalue weighted by atomic mass is 16.6. The molecule has 0 saturated heterocycles. The molecule has 1 rings (SSSR count). The summed E-state index contributed by atoms with van der Waals surface area (Å²) in [7, 11) is 0. The second-order valence-electron chi connectivity index (χ2n) is 5.26. The van der Waals surface area contributed by atoms with Gasteiger partial charge in [0.2, 0.25) is 5.91 Å². The standard InChI is InChI=1S/C14H21N3O4/c1-9(4-3-5-10(2)15)14(19)16-12-7-6-11(18)8-13(12)17(20)21/h6-10,18H,3-5,15H2,1-2H3,(H,16,19). The van der Waals surface area contributed by atoms with E-state index in [9.17, 15) is 20.0 Å². The number of hydrogen-bond acceptors (Lipinski definition) is 5. The van der Waals surface area contributed by atoms with Crippen LogP contribution in [0.4, 0.5) is 11.4 Å². The molecular weight excluding hydrogens is 274 g/mol. The molecule has 1 amide bonds. The van der Waals surface area contributed by atoms with E-state index in [1.165, 1.54) is 12.1 Å². The predicted octanol–water partition coefficient (Wildman–Crippen LogP) is 2.39. The van der Waals surface area contributed by atoms with E-state index in [0.29, 0.717) is 6.42 Å². The summed E-state index contributed by atoms with van der Waals surface area (Å²) in [6, 6.07) is 3.72. The van der Waals surface area contributed by atoms with E-state index < -0.39 is 4.92 Å². The van der Waals surface area contributed by atoms with Gasteiger partial charge in [-0.25, -0.2) is 0 Å². The molecule has 2 unspecified atom stereocenters. The van der Waals surface area contributed by atoms with Crippen molar-refractivity contribution in [3.8, 4) is 5.75 Å². The number of anilines is 1. The molecule has 7 heteroatoms. The van der Waals surface area contributed by atoms with Crippen LogP contribution in [0.3, 0.4) is 0 Å². The average Bonchev–Trinajstić information content (AvgIpc) is 2.39. The van der Waals surface area contributed by atoms with Crippen LogP contribution in [0.15, 0.2) is 18.2 Å². The lowest BCUT2D eigenvalue weighted by Crippen LogP contribution is -2.22. The number of nitrogens with zero attached hydrogens (tertiary/aromatic N) is 1. The van der Waals surface area contributed by atoms with Crippen molar-refractivity contribution in [3.63, 3.8) is 0 Å². The third kappa shape index (κ3) is 5.39. The van der Waals surface area contributed by atoms with Crippen LogP contribution >= 0.6 is 0 Å². The molecule has 2 atom stereocenters. The lowest BCUT2D eigenvalue weighted by molar-refractivity contribution is -0.384. The zero-order chi connectivity index (χ0) is 16.0. The molecule has 0 fully saturated rings. The van der Waals surface area contributed by atoms with Crippen molar-refractivity contribution in [1.82, 2.24) is 0 Å². The first-order valence-corrected chi connectivity index (χ1v) is 6.85. The minimum absolute atomic E-state index is 0.0850. The minimum Gasteiger partial charge on any atom is -0.508 e. The quantitative estimate of drug-likeness (QED) is 0.405. The van der Waals surface area contributed by atoms with Crippen molar-refractivity contribution in [2.75, 3.05) is 5.32 Å². The Hall–Kier alpha value is -2.15. The van der Waals surface area contributed by atoms with Crippen LogP contribution in [-0.2, 0) is 4.79 Å². The topological polar surface area (TPSA) is 118 Å². The van der Waals surface area contributed by atoms with Crippen LogP contribution in [0.5, 0.6) is 5.75 Å². The Kier molecular flexibility index (Phi) is 6.10. The van der Waals surface area contributed by atoms with Crippen molar-refractivity contribution in [1.29, 1.82) is 0 Å². The number of amides is 1. The summed E-state index contributed by atoms with van der Waals surface area (Å²) in [5, 5.41) is 22.7. The lowest BCUT2D eigenvalue weighted by Gasteiger charge is -2.13. The first-order chi connectivity index (χ1) is 9.81. The molecule has 1 aromatic rings. The van der Waals surface area contributed by atoms with E-state index in [-0.39, 0.29) is 35.0 Å². The normalized spacial score (nSPS) is 13.5. The summed E-state index contributed by atoms with van der Waals surface area (Å²) in [4.78, 5) is 22.3. The second kappa shape index (κ2) is 7.58. The summed E-state index contributed by atoms with van der Waals surface area (Å²) in [5.41, 5.74) is 5.40. The van der Waals surface area contributed by atoms with Gasteiger partial charge in [-0.3, -0.25) is 14.9 Å². The number of phenols is 1. The number of nitro benzene ring substituents is 1. The van der Waals surface area contributed by atoms with Crippen molar-refractivity contribution < 1.29 is 14.8 Å². The van der Waals surface area contributed by atoms with Crippen LogP contribution in [0.1, 0.15) is 33.1 Å². The molecule has 0 aliphatic heterocycles. The molecule has 0 aromatic heterocycles. The highest BCUT2D eigenvalue weighted by Crippen LogP contribution is 2.28. The first kappa shape index (κ1) is 16.9. The molecule has 0 aliphatic carbocycles. The zero-order valence-electron chi connectivity index (χ0n) is 12.2. The maximum atomic E-state index is 12.0.